The Morgan fingerprint density at radius 2 is 2.13 bits per heavy atom. The molecule has 164 valence electrons. The fourth-order valence-electron chi connectivity index (χ4n) is 3.81. The number of carbonyl (C=O) groups is 2. The first-order valence-corrected chi connectivity index (χ1v) is 11.1. The minimum absolute atomic E-state index is 0.0108. The highest BCUT2D eigenvalue weighted by molar-refractivity contribution is 8.03. The Labute approximate surface area is 185 Å². The summed E-state index contributed by atoms with van der Waals surface area (Å²) in [6.45, 7) is 5.23. The van der Waals surface area contributed by atoms with E-state index >= 15 is 0 Å². The molecule has 2 amide bonds. The van der Waals surface area contributed by atoms with E-state index < -0.39 is 4.87 Å². The lowest BCUT2D eigenvalue weighted by atomic mass is 10.1. The number of carbonyl (C=O) groups excluding carboxylic acids is 2. The van der Waals surface area contributed by atoms with Gasteiger partial charge in [-0.25, -0.2) is 9.97 Å². The van der Waals surface area contributed by atoms with Crippen molar-refractivity contribution < 1.29 is 14.0 Å². The number of thioether (sulfide) groups is 1. The Balaban J connectivity index is 1.40. The van der Waals surface area contributed by atoms with Gasteiger partial charge in [0, 0.05) is 38.5 Å². The molecule has 2 aromatic heterocycles. The van der Waals surface area contributed by atoms with E-state index in [4.69, 9.17) is 4.42 Å². The van der Waals surface area contributed by atoms with Crippen LogP contribution in [-0.4, -0.2) is 52.4 Å². The maximum Gasteiger partial charge on any atom is 0.239 e. The zero-order chi connectivity index (χ0) is 21.8. The highest BCUT2D eigenvalue weighted by Crippen LogP contribution is 2.43. The molecule has 0 aliphatic carbocycles. The van der Waals surface area contributed by atoms with Crippen LogP contribution in [0.25, 0.3) is 0 Å². The van der Waals surface area contributed by atoms with E-state index in [0.717, 1.165) is 31.7 Å². The van der Waals surface area contributed by atoms with Crippen LogP contribution in [0, 0.1) is 6.92 Å². The molecule has 0 saturated carbocycles. The number of hydrogen-bond acceptors (Lipinski definition) is 8. The summed E-state index contributed by atoms with van der Waals surface area (Å²) < 4.78 is 5.86. The van der Waals surface area contributed by atoms with Crippen molar-refractivity contribution in [2.45, 2.75) is 37.6 Å². The number of rotatable bonds is 6. The molecule has 0 bridgehead atoms. The number of anilines is 1. The third-order valence-corrected chi connectivity index (χ3v) is 6.41. The maximum atomic E-state index is 12.6. The number of hydrogen-bond donors (Lipinski definition) is 3. The number of aryl methyl sites for hydroxylation is 1. The molecule has 10 heteroatoms. The van der Waals surface area contributed by atoms with Gasteiger partial charge in [-0.2, -0.15) is 0 Å². The van der Waals surface area contributed by atoms with E-state index in [2.05, 4.69) is 30.8 Å². The number of aromatic nitrogens is 2. The monoisotopic (exact) mass is 442 g/mol. The van der Waals surface area contributed by atoms with E-state index in [1.165, 1.54) is 18.7 Å². The van der Waals surface area contributed by atoms with E-state index in [-0.39, 0.29) is 24.4 Å². The van der Waals surface area contributed by atoms with Crippen molar-refractivity contribution in [1.29, 1.82) is 0 Å². The quantitative estimate of drug-likeness (QED) is 0.622. The van der Waals surface area contributed by atoms with Crippen molar-refractivity contribution in [2.75, 3.05) is 25.0 Å². The van der Waals surface area contributed by atoms with Crippen LogP contribution in [0.15, 0.2) is 40.4 Å². The zero-order valence-corrected chi connectivity index (χ0v) is 18.4. The Morgan fingerprint density at radius 1 is 1.32 bits per heavy atom. The summed E-state index contributed by atoms with van der Waals surface area (Å²) in [6.07, 6.45) is 5.15. The largest absolute Gasteiger partial charge is 0.462 e. The van der Waals surface area contributed by atoms with Crippen LogP contribution < -0.4 is 16.0 Å². The summed E-state index contributed by atoms with van der Waals surface area (Å²) in [5.41, 5.74) is 0. The molecule has 0 aromatic carbocycles. The lowest BCUT2D eigenvalue weighted by molar-refractivity contribution is -0.121. The topological polar surface area (TPSA) is 112 Å². The predicted octanol–water partition coefficient (Wildman–Crippen LogP) is 1.93. The lowest BCUT2D eigenvalue weighted by Gasteiger charge is -2.31. The van der Waals surface area contributed by atoms with Gasteiger partial charge in [-0.1, -0.05) is 11.8 Å². The second kappa shape index (κ2) is 9.11. The maximum absolute atomic E-state index is 12.6. The van der Waals surface area contributed by atoms with E-state index in [1.54, 1.807) is 12.3 Å². The van der Waals surface area contributed by atoms with E-state index in [9.17, 15) is 9.59 Å². The van der Waals surface area contributed by atoms with Gasteiger partial charge >= 0.3 is 0 Å². The van der Waals surface area contributed by atoms with Crippen LogP contribution in [-0.2, 0) is 14.5 Å². The number of nitrogens with one attached hydrogen (secondary N) is 3. The smallest absolute Gasteiger partial charge is 0.239 e. The first kappa shape index (κ1) is 21.4. The van der Waals surface area contributed by atoms with Gasteiger partial charge in [-0.05, 0) is 43.4 Å². The minimum atomic E-state index is -0.763. The van der Waals surface area contributed by atoms with E-state index in [0.29, 0.717) is 17.4 Å². The fraction of sp³-hybridized carbons (Fsp3) is 0.429. The molecular formula is C21H26N6O3S. The third-order valence-electron chi connectivity index (χ3n) is 5.29. The highest BCUT2D eigenvalue weighted by Gasteiger charge is 2.42. The SMILES string of the molecule is CC(=O)NC1CCN(CC(=O)Nc2ccnc(C3(c4ccc(C)o4)NC=CS3)n2)CC1. The zero-order valence-electron chi connectivity index (χ0n) is 17.6. The normalized spacial score (nSPS) is 21.6. The van der Waals surface area contributed by atoms with Crippen molar-refractivity contribution in [3.8, 4) is 0 Å². The second-order valence-electron chi connectivity index (χ2n) is 7.72. The molecule has 1 atom stereocenters. The average Bonchev–Trinajstić information content (AvgIpc) is 3.39. The fourth-order valence-corrected chi connectivity index (χ4v) is 4.71. The van der Waals surface area contributed by atoms with Crippen molar-refractivity contribution in [3.63, 3.8) is 0 Å². The van der Waals surface area contributed by atoms with Crippen LogP contribution in [0.2, 0.25) is 0 Å². The number of piperidine rings is 1. The summed E-state index contributed by atoms with van der Waals surface area (Å²) in [5.74, 6) is 2.31. The van der Waals surface area contributed by atoms with Crippen LogP contribution in [0.3, 0.4) is 0 Å². The Hall–Kier alpha value is -2.85. The summed E-state index contributed by atoms with van der Waals surface area (Å²) in [4.78, 5) is 34.1. The molecule has 2 aliphatic heterocycles. The van der Waals surface area contributed by atoms with Gasteiger partial charge in [0.15, 0.2) is 5.82 Å². The molecule has 0 spiro atoms. The molecule has 4 heterocycles. The lowest BCUT2D eigenvalue weighted by Crippen LogP contribution is -2.46. The van der Waals surface area contributed by atoms with Crippen LogP contribution in [0.5, 0.6) is 0 Å². The molecule has 2 aliphatic rings. The molecule has 9 nitrogen and oxygen atoms in total. The number of nitrogens with zero attached hydrogens (tertiary/aromatic N) is 3. The van der Waals surface area contributed by atoms with Gasteiger partial charge < -0.3 is 20.4 Å². The van der Waals surface area contributed by atoms with E-state index in [1.807, 2.05) is 30.7 Å². The first-order valence-electron chi connectivity index (χ1n) is 10.2. The Morgan fingerprint density at radius 3 is 2.77 bits per heavy atom. The van der Waals surface area contributed by atoms with Gasteiger partial charge in [0.2, 0.25) is 16.7 Å². The van der Waals surface area contributed by atoms with Crippen molar-refractivity contribution >= 4 is 29.4 Å². The number of likely N-dealkylation sites (tertiary alicyclic amines) is 1. The molecule has 2 aromatic rings. The summed E-state index contributed by atoms with van der Waals surface area (Å²) >= 11 is 1.51. The van der Waals surface area contributed by atoms with Crippen LogP contribution >= 0.6 is 11.8 Å². The third kappa shape index (κ3) is 4.91. The summed E-state index contributed by atoms with van der Waals surface area (Å²) in [5, 5.41) is 11.0. The summed E-state index contributed by atoms with van der Waals surface area (Å²) in [6, 6.07) is 5.67. The molecule has 1 unspecified atom stereocenters. The highest BCUT2D eigenvalue weighted by atomic mass is 32.2. The summed E-state index contributed by atoms with van der Waals surface area (Å²) in [7, 11) is 0. The predicted molar refractivity (Wildman–Crippen MR) is 118 cm³/mol. The van der Waals surface area contributed by atoms with Crippen molar-refractivity contribution in [3.05, 3.63) is 53.3 Å². The van der Waals surface area contributed by atoms with Crippen LogP contribution in [0.1, 0.15) is 37.1 Å². The molecule has 4 rings (SSSR count). The van der Waals surface area contributed by atoms with Gasteiger partial charge in [0.1, 0.15) is 17.3 Å². The second-order valence-corrected chi connectivity index (χ2v) is 8.84. The first-order chi connectivity index (χ1) is 14.9. The Bertz CT molecular complexity index is 975. The standard InChI is InChI=1S/C21H26N6O3S/c1-14-3-4-17(30-14)21(23-9-12-31-21)20-22-8-5-18(26-20)25-19(29)13-27-10-6-16(7-11-27)24-15(2)28/h3-5,8-9,12,16,23H,6-7,10-11,13H2,1-2H3,(H,24,28)(H,22,25,26,29). The molecule has 0 radical (unpaired) electrons. The van der Waals surface area contributed by atoms with Crippen molar-refractivity contribution in [1.82, 2.24) is 25.5 Å². The molecule has 31 heavy (non-hydrogen) atoms. The van der Waals surface area contributed by atoms with Gasteiger partial charge in [-0.15, -0.1) is 0 Å². The van der Waals surface area contributed by atoms with Gasteiger partial charge in [0.05, 0.1) is 6.54 Å². The average molecular weight is 443 g/mol. The van der Waals surface area contributed by atoms with Gasteiger partial charge in [0.25, 0.3) is 0 Å². The number of furan rings is 1. The molecular weight excluding hydrogens is 416 g/mol. The van der Waals surface area contributed by atoms with Gasteiger partial charge in [-0.3, -0.25) is 14.5 Å². The minimum Gasteiger partial charge on any atom is -0.462 e. The molecule has 3 N–H and O–H groups in total. The molecule has 1 saturated heterocycles. The number of amides is 2. The molecule has 1 fully saturated rings. The van der Waals surface area contributed by atoms with Crippen molar-refractivity contribution in [2.24, 2.45) is 0 Å². The Kier molecular flexibility index (Phi) is 6.28. The van der Waals surface area contributed by atoms with Crippen LogP contribution in [0.4, 0.5) is 5.82 Å².